The number of carbonyl (C=O) groups is 14. The molecule has 1 saturated heterocycles. The first kappa shape index (κ1) is 83.2. The predicted octanol–water partition coefficient (Wildman–Crippen LogP) is -3.78. The highest BCUT2D eigenvalue weighted by molar-refractivity contribution is 8.77. The van der Waals surface area contributed by atoms with Gasteiger partial charge in [0.15, 0.2) is 0 Å². The number of carboxylic acids is 2. The van der Waals surface area contributed by atoms with Crippen LogP contribution in [-0.2, 0) is 73.5 Å². The maximum Gasteiger partial charge on any atom is 0.327 e. The minimum absolute atomic E-state index is 0.0346. The third kappa shape index (κ3) is 29.4. The smallest absolute Gasteiger partial charge is 0.327 e. The number of phenols is 1. The van der Waals surface area contributed by atoms with Crippen LogP contribution < -0.4 is 81.4 Å². The van der Waals surface area contributed by atoms with Crippen LogP contribution in [0.1, 0.15) is 132 Å². The largest absolute Gasteiger partial charge is 0.508 e. The van der Waals surface area contributed by atoms with Gasteiger partial charge in [-0.2, -0.15) is 0 Å². The number of phenolic OH excluding ortho intramolecular Hbond substituents is 1. The summed E-state index contributed by atoms with van der Waals surface area (Å²) in [6, 6.07) is -12.3. The van der Waals surface area contributed by atoms with Crippen molar-refractivity contribution in [2.45, 2.75) is 210 Å². The van der Waals surface area contributed by atoms with E-state index in [1.807, 2.05) is 0 Å². The Morgan fingerprint density at radius 3 is 1.55 bits per heavy atom. The first-order chi connectivity index (χ1) is 44.5. The molecular weight excluding hydrogens is 1280 g/mol. The van der Waals surface area contributed by atoms with E-state index in [-0.39, 0.29) is 75.5 Å². The van der Waals surface area contributed by atoms with E-state index in [0.29, 0.717) is 18.4 Å². The second-order valence-corrected chi connectivity index (χ2v) is 27.7. The number of aliphatic hydroxyl groups is 1. The van der Waals surface area contributed by atoms with Gasteiger partial charge in [-0.15, -0.1) is 0 Å². The number of rotatable bonds is 21. The van der Waals surface area contributed by atoms with Gasteiger partial charge in [0.1, 0.15) is 66.2 Å². The molecular formula is C60H99N15O18S2. The quantitative estimate of drug-likeness (QED) is 0.0415. The van der Waals surface area contributed by atoms with Gasteiger partial charge < -0.3 is 102 Å². The molecule has 0 aromatic heterocycles. The molecule has 1 heterocycles. The Kier molecular flexibility index (Phi) is 36.1. The van der Waals surface area contributed by atoms with Crippen LogP contribution in [0.4, 0.5) is 0 Å². The zero-order valence-electron chi connectivity index (χ0n) is 55.2. The number of amides is 12. The van der Waals surface area contributed by atoms with Gasteiger partial charge in [0.25, 0.3) is 0 Å². The summed E-state index contributed by atoms with van der Waals surface area (Å²) >= 11 is 0. The van der Waals surface area contributed by atoms with Crippen LogP contribution in [0.5, 0.6) is 5.75 Å². The molecule has 1 unspecified atom stereocenters. The van der Waals surface area contributed by atoms with Crippen molar-refractivity contribution in [1.29, 1.82) is 0 Å². The summed E-state index contributed by atoms with van der Waals surface area (Å²) in [4.78, 5) is 192. The maximum atomic E-state index is 14.5. The number of nitrogens with one attached hydrogen (secondary N) is 11. The highest BCUT2D eigenvalue weighted by Crippen LogP contribution is 2.38. The molecule has 1 aliphatic rings. The van der Waals surface area contributed by atoms with Crippen molar-refractivity contribution < 1.29 is 87.5 Å². The van der Waals surface area contributed by atoms with Crippen LogP contribution in [0.3, 0.4) is 0 Å². The number of nitrogens with two attached hydrogens (primary N) is 4. The van der Waals surface area contributed by atoms with Gasteiger partial charge >= 0.3 is 11.9 Å². The summed E-state index contributed by atoms with van der Waals surface area (Å²) in [6.45, 7) is 13.5. The van der Waals surface area contributed by atoms with Crippen LogP contribution >= 0.6 is 21.6 Å². The van der Waals surface area contributed by atoms with Crippen LogP contribution in [0.25, 0.3) is 0 Å². The number of aliphatic carboxylic acids is 2. The number of carbonyl (C=O) groups excluding carboxylic acids is 12. The molecule has 23 N–H and O–H groups in total. The molecule has 33 nitrogen and oxygen atoms in total. The summed E-state index contributed by atoms with van der Waals surface area (Å²) in [7, 11) is 1.89. The fourth-order valence-electron chi connectivity index (χ4n) is 9.42. The van der Waals surface area contributed by atoms with Gasteiger partial charge in [0.05, 0.1) is 31.5 Å². The lowest BCUT2D eigenvalue weighted by atomic mass is 9.95. The second-order valence-electron chi connectivity index (χ2n) is 24.7. The van der Waals surface area contributed by atoms with E-state index >= 15 is 0 Å². The highest BCUT2D eigenvalue weighted by Gasteiger charge is 2.41. The van der Waals surface area contributed by atoms with Gasteiger partial charge in [0, 0.05) is 16.9 Å². The van der Waals surface area contributed by atoms with E-state index in [4.69, 9.17) is 22.9 Å². The molecule has 0 saturated carbocycles. The van der Waals surface area contributed by atoms with E-state index in [0.717, 1.165) is 28.5 Å². The van der Waals surface area contributed by atoms with Crippen molar-refractivity contribution in [3.05, 3.63) is 29.8 Å². The Morgan fingerprint density at radius 1 is 0.579 bits per heavy atom. The van der Waals surface area contributed by atoms with Crippen LogP contribution in [0.2, 0.25) is 0 Å². The Morgan fingerprint density at radius 2 is 1.04 bits per heavy atom. The first-order valence-electron chi connectivity index (χ1n) is 31.4. The van der Waals surface area contributed by atoms with Crippen molar-refractivity contribution in [3.63, 3.8) is 0 Å². The van der Waals surface area contributed by atoms with Crippen LogP contribution in [0, 0.1) is 17.8 Å². The average Bonchev–Trinajstić information content (AvgIpc) is 0.967. The Labute approximate surface area is 560 Å². The van der Waals surface area contributed by atoms with Crippen molar-refractivity contribution in [1.82, 2.24) is 58.5 Å². The van der Waals surface area contributed by atoms with Crippen molar-refractivity contribution in [3.8, 4) is 5.75 Å². The monoisotopic (exact) mass is 1380 g/mol. The van der Waals surface area contributed by atoms with E-state index < -0.39 is 191 Å². The number of hydrogen-bond acceptors (Lipinski definition) is 21. The fourth-order valence-corrected chi connectivity index (χ4v) is 12.2. The molecule has 1 aliphatic heterocycles. The number of primary amides is 1. The molecule has 0 aliphatic carbocycles. The number of aliphatic hydroxyl groups excluding tert-OH is 1. The van der Waals surface area contributed by atoms with Crippen molar-refractivity contribution >= 4 is 104 Å². The number of aromatic hydroxyl groups is 1. The van der Waals surface area contributed by atoms with Gasteiger partial charge in [-0.05, 0) is 114 Å². The van der Waals surface area contributed by atoms with E-state index in [1.165, 1.54) is 24.3 Å². The molecule has 2 rings (SSSR count). The van der Waals surface area contributed by atoms with Crippen LogP contribution in [-0.4, -0.2) is 206 Å². The summed E-state index contributed by atoms with van der Waals surface area (Å²) in [5.41, 5.74) is 23.8. The van der Waals surface area contributed by atoms with Crippen LogP contribution in [0.15, 0.2) is 24.3 Å². The number of hydrogen-bond donors (Lipinski definition) is 19. The zero-order valence-corrected chi connectivity index (χ0v) is 56.8. The van der Waals surface area contributed by atoms with Gasteiger partial charge in [-0.3, -0.25) is 62.3 Å². The fraction of sp³-hybridized carbons (Fsp3) is 0.667. The minimum Gasteiger partial charge on any atom is -0.508 e. The molecule has 95 heavy (non-hydrogen) atoms. The molecule has 35 heteroatoms. The SMILES string of the molecule is CC[C@H](C)[C@@H]1NC(=O)C(N)C(C)(C)SSC[C@H](C(=O)O)NC(=O)[C@@H](CC(C)C)NC(=O)[C@H](C(C)C)NC(=O)[C@@H](CC(N)=O)NC(=O)[C@H](CCCCN)NC(=O)CNC(=O)[C@H](CCCCN)NC(=O)[C@@H]([C@@H](C)O)NC(=O)[C@H](CC(=O)O)NC(=O)[C@@H](Cc2ccc(O)cc2)NC1=O. The molecule has 534 valence electrons. The Balaban J connectivity index is 2.84. The van der Waals surface area contributed by atoms with Gasteiger partial charge in [-0.1, -0.05) is 81.7 Å². The highest BCUT2D eigenvalue weighted by atomic mass is 33.1. The van der Waals surface area contributed by atoms with Gasteiger partial charge in [-0.25, -0.2) is 4.79 Å². The maximum absolute atomic E-state index is 14.5. The average molecular weight is 1380 g/mol. The van der Waals surface area contributed by atoms with E-state index in [9.17, 15) is 87.5 Å². The lowest BCUT2D eigenvalue weighted by Crippen LogP contribution is -2.62. The van der Waals surface area contributed by atoms with Gasteiger partial charge in [0.2, 0.25) is 70.9 Å². The molecule has 12 amide bonds. The molecule has 0 spiro atoms. The first-order valence-corrected chi connectivity index (χ1v) is 33.7. The summed E-state index contributed by atoms with van der Waals surface area (Å²) in [6.07, 6.45) is -2.99. The predicted molar refractivity (Wildman–Crippen MR) is 351 cm³/mol. The third-order valence-corrected chi connectivity index (χ3v) is 18.6. The summed E-state index contributed by atoms with van der Waals surface area (Å²) < 4.78 is -1.26. The zero-order chi connectivity index (χ0) is 72.0. The molecule has 13 atom stereocenters. The molecule has 1 aromatic carbocycles. The normalized spacial score (nSPS) is 26.0. The number of benzene rings is 1. The molecule has 0 bridgehead atoms. The number of carboxylic acid groups (broad SMARTS) is 2. The topological polar surface area (TPSA) is 556 Å². The molecule has 1 aromatic rings. The summed E-state index contributed by atoms with van der Waals surface area (Å²) in [5, 5.41) is 68.2. The van der Waals surface area contributed by atoms with Crippen molar-refractivity contribution in [2.24, 2.45) is 40.7 Å². The van der Waals surface area contributed by atoms with Crippen molar-refractivity contribution in [2.75, 3.05) is 25.4 Å². The standard InChI is InChI=1S/C60H99N15O18S2/c1-10-31(6)46-56(89)71-38(24-33-17-19-34(77)20-18-33)52(85)69-40(26-44(80)81)54(87)75-47(32(7)76)57(90)67-35(15-11-13-21-61)49(82)65-27-43(79)66-36(16-12-14-22-62)50(83)68-39(25-42(63)78)53(86)73-45(30(4)5)55(88)70-37(23-29(2)3)51(84)72-41(59(92)93)28-94-95-60(8,9)48(64)58(91)74-46/h17-20,29-32,35-41,45-48,76-77H,10-16,21-28,61-62,64H2,1-9H3,(H2,63,78)(H,65,82)(H,66,79)(H,67,90)(H,68,83)(H,69,85)(H,70,88)(H,71,89)(H,72,84)(H,73,86)(H,74,91)(H,75,87)(H,80,81)(H,92,93)/t31-,32+,35-,36-,37+,38+,39+,40-,41+,45-,46-,47+,48?/m0/s1. The lowest BCUT2D eigenvalue weighted by molar-refractivity contribution is -0.142. The lowest BCUT2D eigenvalue weighted by Gasteiger charge is -2.33. The van der Waals surface area contributed by atoms with E-state index in [1.54, 1.807) is 55.4 Å². The second kappa shape index (κ2) is 41.2. The Hall–Kier alpha value is -7.86. The van der Waals surface area contributed by atoms with E-state index in [2.05, 4.69) is 58.5 Å². The minimum atomic E-state index is -2.03. The summed E-state index contributed by atoms with van der Waals surface area (Å²) in [5.74, 6) is -17.8. The Bertz CT molecular complexity index is 2820. The third-order valence-electron chi connectivity index (χ3n) is 15.3. The number of unbranched alkanes of at least 4 members (excludes halogenated alkanes) is 2. The molecule has 0 radical (unpaired) electrons. The molecule has 1 fully saturated rings.